The molecule has 1 aliphatic heterocycles. The topological polar surface area (TPSA) is 77.8 Å². The molecule has 1 aliphatic rings. The minimum Gasteiger partial charge on any atom is -0.487 e. The monoisotopic (exact) mass is 532 g/mol. The SMILES string of the molecule is Cc1ccnc(-n2cccc2CN2CCOCCOc3ccccc3Oc3ccc(Cl)cc3NC(=O)C2)c1. The normalized spacial score (nSPS) is 15.2. The van der Waals surface area contributed by atoms with Gasteiger partial charge in [-0.15, -0.1) is 0 Å². The number of carbonyl (C=O) groups excluding carboxylic acids is 1. The number of hydrogen-bond donors (Lipinski definition) is 1. The van der Waals surface area contributed by atoms with E-state index in [2.05, 4.69) is 10.3 Å². The van der Waals surface area contributed by atoms with Gasteiger partial charge in [-0.1, -0.05) is 23.7 Å². The number of benzene rings is 2. The van der Waals surface area contributed by atoms with Crippen molar-refractivity contribution in [3.63, 3.8) is 0 Å². The van der Waals surface area contributed by atoms with Crippen LogP contribution in [0.15, 0.2) is 79.1 Å². The number of halogens is 1. The number of fused-ring (bicyclic) bond motifs is 2. The van der Waals surface area contributed by atoms with Crippen molar-refractivity contribution in [3.8, 4) is 23.1 Å². The molecule has 38 heavy (non-hydrogen) atoms. The van der Waals surface area contributed by atoms with Gasteiger partial charge in [0.25, 0.3) is 0 Å². The maximum atomic E-state index is 13.2. The van der Waals surface area contributed by atoms with Gasteiger partial charge in [-0.25, -0.2) is 4.98 Å². The maximum Gasteiger partial charge on any atom is 0.238 e. The van der Waals surface area contributed by atoms with Crippen LogP contribution in [0, 0.1) is 6.92 Å². The zero-order chi connectivity index (χ0) is 26.3. The van der Waals surface area contributed by atoms with Crippen LogP contribution in [0.1, 0.15) is 11.3 Å². The molecule has 0 radical (unpaired) electrons. The molecular weight excluding hydrogens is 504 g/mol. The number of amides is 1. The largest absolute Gasteiger partial charge is 0.487 e. The Labute approximate surface area is 226 Å². The Morgan fingerprint density at radius 1 is 0.974 bits per heavy atom. The van der Waals surface area contributed by atoms with Crippen molar-refractivity contribution in [1.29, 1.82) is 0 Å². The quantitative estimate of drug-likeness (QED) is 0.377. The number of para-hydroxylation sites is 2. The summed E-state index contributed by atoms with van der Waals surface area (Å²) in [7, 11) is 0. The van der Waals surface area contributed by atoms with Crippen molar-refractivity contribution in [3.05, 3.63) is 95.4 Å². The zero-order valence-corrected chi connectivity index (χ0v) is 21.9. The summed E-state index contributed by atoms with van der Waals surface area (Å²) in [6.45, 7) is 4.48. The average Bonchev–Trinajstić information content (AvgIpc) is 3.36. The molecule has 0 aliphatic carbocycles. The molecule has 9 heteroatoms. The highest BCUT2D eigenvalue weighted by Gasteiger charge is 2.18. The third-order valence-corrected chi connectivity index (χ3v) is 6.29. The fourth-order valence-corrected chi connectivity index (χ4v) is 4.40. The Hall–Kier alpha value is -3.85. The Balaban J connectivity index is 1.39. The van der Waals surface area contributed by atoms with E-state index in [1.165, 1.54) is 0 Å². The third kappa shape index (κ3) is 6.52. The number of nitrogens with one attached hydrogen (secondary N) is 1. The molecule has 3 heterocycles. The summed E-state index contributed by atoms with van der Waals surface area (Å²) in [5, 5.41) is 3.46. The second-order valence-electron chi connectivity index (χ2n) is 8.97. The summed E-state index contributed by atoms with van der Waals surface area (Å²) in [6, 6.07) is 20.5. The number of aryl methyl sites for hydroxylation is 1. The molecule has 2 aromatic carbocycles. The van der Waals surface area contributed by atoms with E-state index in [4.69, 9.17) is 25.8 Å². The molecule has 0 bridgehead atoms. The van der Waals surface area contributed by atoms with Gasteiger partial charge in [-0.2, -0.15) is 0 Å². The lowest BCUT2D eigenvalue weighted by Gasteiger charge is -2.23. The van der Waals surface area contributed by atoms with Crippen molar-refractivity contribution in [2.75, 3.05) is 38.2 Å². The molecule has 1 N–H and O–H groups in total. The summed E-state index contributed by atoms with van der Waals surface area (Å²) in [5.74, 6) is 2.23. The van der Waals surface area contributed by atoms with Crippen LogP contribution in [0.4, 0.5) is 5.69 Å². The van der Waals surface area contributed by atoms with Crippen molar-refractivity contribution in [2.24, 2.45) is 0 Å². The van der Waals surface area contributed by atoms with E-state index in [0.29, 0.717) is 60.9 Å². The summed E-state index contributed by atoms with van der Waals surface area (Å²) in [4.78, 5) is 19.8. The van der Waals surface area contributed by atoms with Crippen LogP contribution in [0.5, 0.6) is 17.2 Å². The molecular formula is C29H29ClN4O4. The Kier molecular flexibility index (Phi) is 8.23. The number of ether oxygens (including phenoxy) is 3. The van der Waals surface area contributed by atoms with Gasteiger partial charge in [0.05, 0.1) is 25.4 Å². The molecule has 0 saturated carbocycles. The van der Waals surface area contributed by atoms with Gasteiger partial charge in [-0.05, 0) is 67.1 Å². The third-order valence-electron chi connectivity index (χ3n) is 6.06. The van der Waals surface area contributed by atoms with Crippen LogP contribution in [0.3, 0.4) is 0 Å². The molecule has 4 aromatic rings. The molecule has 0 unspecified atom stereocenters. The molecule has 0 atom stereocenters. The van der Waals surface area contributed by atoms with Crippen molar-refractivity contribution in [1.82, 2.24) is 14.5 Å². The second-order valence-corrected chi connectivity index (χ2v) is 9.41. The molecule has 0 saturated heterocycles. The zero-order valence-electron chi connectivity index (χ0n) is 21.1. The first kappa shape index (κ1) is 25.8. The van der Waals surface area contributed by atoms with Gasteiger partial charge >= 0.3 is 0 Å². The van der Waals surface area contributed by atoms with Crippen molar-refractivity contribution < 1.29 is 19.0 Å². The summed E-state index contributed by atoms with van der Waals surface area (Å²) < 4.78 is 19.9. The van der Waals surface area contributed by atoms with Crippen LogP contribution < -0.4 is 14.8 Å². The summed E-state index contributed by atoms with van der Waals surface area (Å²) >= 11 is 6.26. The van der Waals surface area contributed by atoms with E-state index >= 15 is 0 Å². The fourth-order valence-electron chi connectivity index (χ4n) is 4.22. The first-order valence-corrected chi connectivity index (χ1v) is 12.8. The smallest absolute Gasteiger partial charge is 0.238 e. The maximum absolute atomic E-state index is 13.2. The van der Waals surface area contributed by atoms with Gasteiger partial charge < -0.3 is 24.1 Å². The van der Waals surface area contributed by atoms with Crippen LogP contribution in [-0.4, -0.2) is 53.3 Å². The predicted octanol–water partition coefficient (Wildman–Crippen LogP) is 5.48. The van der Waals surface area contributed by atoms with Gasteiger partial charge in [0, 0.05) is 36.2 Å². The first-order chi connectivity index (χ1) is 18.5. The van der Waals surface area contributed by atoms with Crippen LogP contribution in [-0.2, 0) is 16.1 Å². The number of carbonyl (C=O) groups is 1. The lowest BCUT2D eigenvalue weighted by Crippen LogP contribution is -2.36. The predicted molar refractivity (Wildman–Crippen MR) is 146 cm³/mol. The Bertz CT molecular complexity index is 1410. The van der Waals surface area contributed by atoms with Crippen molar-refractivity contribution >= 4 is 23.2 Å². The van der Waals surface area contributed by atoms with E-state index < -0.39 is 0 Å². The van der Waals surface area contributed by atoms with E-state index in [9.17, 15) is 4.79 Å². The number of pyridine rings is 1. The molecule has 0 spiro atoms. The van der Waals surface area contributed by atoms with Gasteiger partial charge in [0.2, 0.25) is 5.91 Å². The standard InChI is InChI=1S/C29H29ClN4O4/c1-21-10-11-31-28(17-21)34-12-4-5-23(34)19-33-13-14-36-15-16-37-26-6-2-3-7-27(26)38-25-9-8-22(30)18-24(25)32-29(35)20-33/h2-12,17-18H,13-16,19-20H2,1H3,(H,32,35). The average molecular weight is 533 g/mol. The number of rotatable bonds is 3. The number of hydrogen-bond acceptors (Lipinski definition) is 6. The van der Waals surface area contributed by atoms with E-state index in [0.717, 1.165) is 17.1 Å². The highest BCUT2D eigenvalue weighted by molar-refractivity contribution is 6.31. The number of nitrogens with zero attached hydrogens (tertiary/aromatic N) is 3. The highest BCUT2D eigenvalue weighted by Crippen LogP contribution is 2.36. The summed E-state index contributed by atoms with van der Waals surface area (Å²) in [5.41, 5.74) is 2.62. The molecule has 196 valence electrons. The van der Waals surface area contributed by atoms with Crippen LogP contribution in [0.25, 0.3) is 5.82 Å². The van der Waals surface area contributed by atoms with E-state index in [1.54, 1.807) is 24.4 Å². The molecule has 8 nitrogen and oxygen atoms in total. The van der Waals surface area contributed by atoms with Gasteiger partial charge in [0.1, 0.15) is 12.4 Å². The number of aromatic nitrogens is 2. The molecule has 2 aromatic heterocycles. The van der Waals surface area contributed by atoms with Gasteiger partial charge in [0.15, 0.2) is 17.2 Å². The fraction of sp³-hybridized carbons (Fsp3) is 0.241. The van der Waals surface area contributed by atoms with Crippen LogP contribution >= 0.6 is 11.6 Å². The lowest BCUT2D eigenvalue weighted by atomic mass is 10.2. The number of anilines is 1. The minimum atomic E-state index is -0.191. The Morgan fingerprint density at radius 3 is 2.71 bits per heavy atom. The molecule has 1 amide bonds. The summed E-state index contributed by atoms with van der Waals surface area (Å²) in [6.07, 6.45) is 3.77. The van der Waals surface area contributed by atoms with Crippen LogP contribution in [0.2, 0.25) is 5.02 Å². The minimum absolute atomic E-state index is 0.148. The van der Waals surface area contributed by atoms with E-state index in [-0.39, 0.29) is 12.5 Å². The first-order valence-electron chi connectivity index (χ1n) is 12.4. The van der Waals surface area contributed by atoms with E-state index in [1.807, 2.05) is 71.1 Å². The highest BCUT2D eigenvalue weighted by atomic mass is 35.5. The Morgan fingerprint density at radius 2 is 1.84 bits per heavy atom. The lowest BCUT2D eigenvalue weighted by molar-refractivity contribution is -0.117. The van der Waals surface area contributed by atoms with Crippen molar-refractivity contribution in [2.45, 2.75) is 13.5 Å². The molecule has 5 rings (SSSR count). The van der Waals surface area contributed by atoms with Gasteiger partial charge in [-0.3, -0.25) is 9.69 Å². The molecule has 0 fully saturated rings. The second kappa shape index (κ2) is 12.1.